The smallest absolute Gasteiger partial charge is 0.171 e. The van der Waals surface area contributed by atoms with Crippen LogP contribution in [0.4, 0.5) is 0 Å². The van der Waals surface area contributed by atoms with E-state index in [0.29, 0.717) is 136 Å². The van der Waals surface area contributed by atoms with Crippen LogP contribution in [-0.2, 0) is 95.1 Å². The Labute approximate surface area is 739 Å². The zero-order valence-corrected chi connectivity index (χ0v) is 78.6. The summed E-state index contributed by atoms with van der Waals surface area (Å²) < 4.78 is 49.4. The van der Waals surface area contributed by atoms with Crippen LogP contribution in [0.2, 0.25) is 0 Å². The summed E-state index contributed by atoms with van der Waals surface area (Å²) in [6.07, 6.45) is 35.2. The molecule has 16 fully saturated rings. The molecule has 12 saturated carbocycles. The summed E-state index contributed by atoms with van der Waals surface area (Å²) in [5, 5.41) is 44.4. The van der Waals surface area contributed by atoms with Gasteiger partial charge in [-0.15, -0.1) is 0 Å². The van der Waals surface area contributed by atoms with Crippen LogP contribution in [0.1, 0.15) is 340 Å². The number of carbonyl (C=O) groups is 8. The SMILES string of the molecule is CC1=C2CCCC(=O)[C@@]2(C)CCC1=O.CC1=C2CCC[C@H](O)[C@@]2(C)CCC1=O.CC1C(=O)CCCC1=O.C[C@@H]1C(=O)CC[C@]2(C)[C@@H](O)CCC[C@@H]12.C[C@H]1[C@@H]2CC/C(=C\O)C(=O)[C@@]2(C)CCC12OCCO2.C[C@H]1[C@@H]2CCCC(=O)[C@@]2(C)CCC12OCCO2.C[C@H]1[C@@H]2CCC[C@H](O)[C@@]2(C)CCC12OCCO2.C[C@H]1[C@@H]2CCc3cn(C)nc3[C@@]2(C)CCC12OCCO2. The van der Waals surface area contributed by atoms with Gasteiger partial charge in [0, 0.05) is 146 Å². The van der Waals surface area contributed by atoms with Gasteiger partial charge >= 0.3 is 0 Å². The number of Topliss-reactive ketones (excluding diaryl/α,β-unsaturated/α-hetero) is 8. The highest BCUT2D eigenvalue weighted by Gasteiger charge is 2.64. The van der Waals surface area contributed by atoms with Gasteiger partial charge in [0.1, 0.15) is 28.9 Å². The van der Waals surface area contributed by atoms with Crippen molar-refractivity contribution in [1.82, 2.24) is 9.78 Å². The lowest BCUT2D eigenvalue weighted by Gasteiger charge is -2.56. The molecule has 0 bridgehead atoms. The van der Waals surface area contributed by atoms with E-state index in [1.165, 1.54) is 29.7 Å². The van der Waals surface area contributed by atoms with Gasteiger partial charge in [0.25, 0.3) is 0 Å². The molecule has 0 unspecified atom stereocenters. The van der Waals surface area contributed by atoms with E-state index in [1.54, 1.807) is 6.92 Å². The number of fused-ring (bicyclic) bond motifs is 9. The lowest BCUT2D eigenvalue weighted by molar-refractivity contribution is -0.258. The highest BCUT2D eigenvalue weighted by molar-refractivity contribution is 6.04. The second kappa shape index (κ2) is 38.2. The van der Waals surface area contributed by atoms with Crippen LogP contribution in [-0.4, -0.2) is 171 Å². The maximum absolute atomic E-state index is 12.6. The molecule has 0 radical (unpaired) electrons. The fourth-order valence-corrected chi connectivity index (χ4v) is 28.2. The standard InChI is InChI=1S/C16H24N2O2.C15H22O4.C14H24O3.C14H22O3.C12H20O2.C12H18O2.C12H16O2.C7H10O2/c1-11-13-5-4-12-10-18(3)17-14(12)15(13,2)6-7-16(11)19-8-9-20-16;1-10-12-4-3-11(9-16)13(17)14(12,2)5-6-15(10)18-7-8-19-15;2*1-10-11-4-3-5-12(15)13(11,2)6-7-14(10)16-8-9-17-14;3*1-8-9-4-3-5-11(14)12(9,2)7-6-10(8)13;1-5-6(8)3-2-4-7(5)9/h10-11,13H,4-9H2,1-3H3;9-10,12,16H,3-8H2,1-2H3;10-12,15H,3-9H2,1-2H3;10-11H,3-9H2,1-2H3;8-9,11,14H,3-7H2,1-2H3;11,14H,3-7H2,1-2H3;3-7H2,1-2H3;5H,2-4H2,1H3/b;11-9+;;;;;;/t11-,13-,15-;10-,12-,14-;10-,11-,12-,13-;10-,11-,13-;8-,9-,11-,12-;11-,12-;12-;/m0000000./s1. The van der Waals surface area contributed by atoms with Gasteiger partial charge in [0.15, 0.2) is 40.5 Å². The number of ether oxygens (including phenoxy) is 8. The van der Waals surface area contributed by atoms with Crippen molar-refractivity contribution in [3.63, 3.8) is 0 Å². The molecule has 1 aromatic rings. The number of aryl methyl sites for hydroxylation is 2. The summed E-state index contributed by atoms with van der Waals surface area (Å²) in [6, 6.07) is 0. The maximum atomic E-state index is 12.6. The number of nitrogens with zero attached hydrogens (tertiary/aromatic N) is 2. The molecule has 22 nitrogen and oxygen atoms in total. The number of rotatable bonds is 0. The number of hydrogen-bond donors (Lipinski definition) is 4. The lowest BCUT2D eigenvalue weighted by atomic mass is 9.54. The predicted octanol–water partition coefficient (Wildman–Crippen LogP) is 17.6. The normalized spacial score (nSPS) is 41.1. The second-order valence-electron chi connectivity index (χ2n) is 43.2. The summed E-state index contributed by atoms with van der Waals surface area (Å²) in [5.41, 5.74) is 6.92. The Hall–Kier alpha value is -4.85. The molecule has 4 aliphatic heterocycles. The number of hydrogen-bond acceptors (Lipinski definition) is 21. The van der Waals surface area contributed by atoms with Crippen LogP contribution in [0.25, 0.3) is 0 Å². The summed E-state index contributed by atoms with van der Waals surface area (Å²) in [5.74, 6) is 4.16. The fraction of sp³-hybridized carbons (Fsp3) is 0.833. The summed E-state index contributed by atoms with van der Waals surface area (Å²) in [6.45, 7) is 37.4. The minimum atomic E-state index is -0.467. The van der Waals surface area contributed by atoms with Gasteiger partial charge in [0.2, 0.25) is 0 Å². The summed E-state index contributed by atoms with van der Waals surface area (Å²) in [4.78, 5) is 92.9. The number of allylic oxidation sites excluding steroid dienone is 4. The van der Waals surface area contributed by atoms with E-state index in [1.807, 2.05) is 46.3 Å². The molecule has 0 amide bonds. The molecular formula is C102H156N2O20. The number of aliphatic hydroxyl groups is 4. The molecule has 4 spiro atoms. The Balaban J connectivity index is 0.000000123. The van der Waals surface area contributed by atoms with Gasteiger partial charge in [-0.1, -0.05) is 100 Å². The van der Waals surface area contributed by atoms with E-state index < -0.39 is 5.79 Å². The van der Waals surface area contributed by atoms with Crippen molar-refractivity contribution in [2.24, 2.45) is 105 Å². The minimum Gasteiger partial charge on any atom is -0.515 e. The Morgan fingerprint density at radius 3 is 1.34 bits per heavy atom. The van der Waals surface area contributed by atoms with Gasteiger partial charge in [-0.05, 0) is 233 Å². The van der Waals surface area contributed by atoms with Crippen molar-refractivity contribution in [3.05, 3.63) is 51.6 Å². The molecule has 19 aliphatic rings. The van der Waals surface area contributed by atoms with E-state index in [9.17, 15) is 58.8 Å². The van der Waals surface area contributed by atoms with Crippen LogP contribution in [0, 0.1) is 97.6 Å². The van der Waals surface area contributed by atoms with Gasteiger partial charge < -0.3 is 58.3 Å². The zero-order valence-electron chi connectivity index (χ0n) is 78.6. The van der Waals surface area contributed by atoms with E-state index in [4.69, 9.17) is 43.0 Å². The zero-order chi connectivity index (χ0) is 89.7. The topological polar surface area (TPSA) is 309 Å². The molecule has 15 aliphatic carbocycles. The Morgan fingerprint density at radius 2 is 0.798 bits per heavy atom. The molecule has 0 aromatic carbocycles. The Morgan fingerprint density at radius 1 is 0.379 bits per heavy atom. The van der Waals surface area contributed by atoms with E-state index >= 15 is 0 Å². The molecule has 20 rings (SSSR count). The third-order valence-electron chi connectivity index (χ3n) is 37.1. The molecule has 4 N–H and O–H groups in total. The third-order valence-corrected chi connectivity index (χ3v) is 37.1. The quantitative estimate of drug-likeness (QED) is 0.107. The molecule has 22 heteroatoms. The molecule has 4 saturated heterocycles. The van der Waals surface area contributed by atoms with Gasteiger partial charge in [0.05, 0.1) is 89.0 Å². The van der Waals surface area contributed by atoms with Crippen molar-refractivity contribution < 1.29 is 96.7 Å². The minimum absolute atomic E-state index is 0.0194. The van der Waals surface area contributed by atoms with Crippen LogP contribution < -0.4 is 0 Å². The van der Waals surface area contributed by atoms with Gasteiger partial charge in [-0.2, -0.15) is 5.10 Å². The molecule has 5 heterocycles. The molecule has 1 aromatic heterocycles. The first-order valence-electron chi connectivity index (χ1n) is 48.8. The van der Waals surface area contributed by atoms with Crippen molar-refractivity contribution in [3.8, 4) is 0 Å². The fourth-order valence-electron chi connectivity index (χ4n) is 28.2. The summed E-state index contributed by atoms with van der Waals surface area (Å²) in [7, 11) is 2.04. The first-order chi connectivity index (χ1) is 58.6. The maximum Gasteiger partial charge on any atom is 0.171 e. The number of ketones is 8. The monoisotopic (exact) mass is 1730 g/mol. The van der Waals surface area contributed by atoms with Crippen molar-refractivity contribution in [1.29, 1.82) is 0 Å². The predicted molar refractivity (Wildman–Crippen MR) is 470 cm³/mol. The Bertz CT molecular complexity index is 4150. The first-order valence-corrected chi connectivity index (χ1v) is 48.8. The lowest BCUT2D eigenvalue weighted by Crippen LogP contribution is -2.56. The second-order valence-corrected chi connectivity index (χ2v) is 43.2. The van der Waals surface area contributed by atoms with E-state index in [-0.39, 0.29) is 126 Å². The average molecular weight is 1730 g/mol. The van der Waals surface area contributed by atoms with Crippen molar-refractivity contribution >= 4 is 46.3 Å². The molecular weight excluding hydrogens is 1570 g/mol. The Kier molecular flexibility index (Phi) is 29.8. The van der Waals surface area contributed by atoms with E-state index in [2.05, 4.69) is 68.5 Å². The molecule has 20 atom stereocenters. The largest absolute Gasteiger partial charge is 0.515 e. The van der Waals surface area contributed by atoms with Crippen LogP contribution >= 0.6 is 0 Å². The van der Waals surface area contributed by atoms with Gasteiger partial charge in [-0.25, -0.2) is 0 Å². The third kappa shape index (κ3) is 17.9. The number of aromatic nitrogens is 2. The molecule has 694 valence electrons. The van der Waals surface area contributed by atoms with Gasteiger partial charge in [-0.3, -0.25) is 43.0 Å². The average Bonchev–Trinajstić information content (AvgIpc) is 1.18. The van der Waals surface area contributed by atoms with Crippen LogP contribution in [0.15, 0.2) is 40.3 Å². The van der Waals surface area contributed by atoms with Crippen molar-refractivity contribution in [2.75, 3.05) is 52.9 Å². The number of carbonyl (C=O) groups excluding carboxylic acids is 8. The first kappa shape index (κ1) is 96.7. The van der Waals surface area contributed by atoms with Crippen LogP contribution in [0.3, 0.4) is 0 Å². The number of aliphatic hydroxyl groups excluding tert-OH is 4. The summed E-state index contributed by atoms with van der Waals surface area (Å²) >= 11 is 0. The molecule has 124 heavy (non-hydrogen) atoms. The highest BCUT2D eigenvalue weighted by Crippen LogP contribution is 2.62. The van der Waals surface area contributed by atoms with Crippen LogP contribution in [0.5, 0.6) is 0 Å². The van der Waals surface area contributed by atoms with E-state index in [0.717, 1.165) is 223 Å². The van der Waals surface area contributed by atoms with Crippen molar-refractivity contribution in [2.45, 2.75) is 382 Å². The highest BCUT2D eigenvalue weighted by atomic mass is 16.8.